The highest BCUT2D eigenvalue weighted by Crippen LogP contribution is 2.37. The molecule has 3 aromatic heterocycles. The van der Waals surface area contributed by atoms with Crippen molar-refractivity contribution in [1.29, 1.82) is 0 Å². The number of fused-ring (bicyclic) bond motifs is 2. The van der Waals surface area contributed by atoms with Crippen molar-refractivity contribution >= 4 is 33.8 Å². The van der Waals surface area contributed by atoms with Crippen molar-refractivity contribution in [2.45, 2.75) is 20.3 Å². The summed E-state index contributed by atoms with van der Waals surface area (Å²) in [5, 5.41) is 10.5. The zero-order valence-electron chi connectivity index (χ0n) is 16.9. The van der Waals surface area contributed by atoms with Crippen LogP contribution >= 0.6 is 0 Å². The molecule has 5 rings (SSSR count). The Bertz CT molecular complexity index is 1480. The first-order valence-electron chi connectivity index (χ1n) is 9.71. The second-order valence-electron chi connectivity index (χ2n) is 7.30. The number of nitrogens with zero attached hydrogens (tertiary/aromatic N) is 2. The first-order chi connectivity index (χ1) is 15.0. The molecule has 0 fully saturated rings. The second-order valence-corrected chi connectivity index (χ2v) is 7.30. The van der Waals surface area contributed by atoms with Gasteiger partial charge in [0.25, 0.3) is 0 Å². The predicted octanol–water partition coefficient (Wildman–Crippen LogP) is 4.12. The summed E-state index contributed by atoms with van der Waals surface area (Å²) in [6, 6.07) is 13.7. The number of carbonyl (C=O) groups is 1. The minimum absolute atomic E-state index is 0.140. The molecule has 8 heteroatoms. The Hall–Kier alpha value is -4.20. The summed E-state index contributed by atoms with van der Waals surface area (Å²) in [5.74, 6) is 0.607. The van der Waals surface area contributed by atoms with Crippen LogP contribution in [0, 0.1) is 13.8 Å². The maximum Gasteiger partial charge on any atom is 0.340 e. The third kappa shape index (κ3) is 3.28. The molecule has 0 radical (unpaired) electrons. The first-order valence-corrected chi connectivity index (χ1v) is 9.71. The first kappa shape index (κ1) is 18.8. The number of aromatic nitrogens is 3. The molecular formula is C23H18N4O4. The quantitative estimate of drug-likeness (QED) is 0.428. The monoisotopic (exact) mass is 414 g/mol. The van der Waals surface area contributed by atoms with Gasteiger partial charge < -0.3 is 8.83 Å². The van der Waals surface area contributed by atoms with Gasteiger partial charge in [0.2, 0.25) is 11.9 Å². The number of rotatable bonds is 4. The summed E-state index contributed by atoms with van der Waals surface area (Å²) in [5.41, 5.74) is 3.53. The lowest BCUT2D eigenvalue weighted by Crippen LogP contribution is -2.21. The number of hydrogen-bond donors (Lipinski definition) is 2. The summed E-state index contributed by atoms with van der Waals surface area (Å²) in [4.78, 5) is 28.8. The average molecular weight is 414 g/mol. The molecule has 5 aromatic rings. The molecule has 154 valence electrons. The fraction of sp³-hybridized carbons (Fsp3) is 0.130. The molecule has 0 aliphatic rings. The number of H-pyrrole nitrogens is 1. The Morgan fingerprint density at radius 1 is 1.06 bits per heavy atom. The van der Waals surface area contributed by atoms with Crippen LogP contribution in [-0.4, -0.2) is 21.1 Å². The van der Waals surface area contributed by atoms with E-state index in [0.717, 1.165) is 27.7 Å². The smallest absolute Gasteiger partial charge is 0.340 e. The van der Waals surface area contributed by atoms with E-state index in [9.17, 15) is 9.59 Å². The number of amides is 1. The van der Waals surface area contributed by atoms with Crippen LogP contribution < -0.4 is 10.9 Å². The molecule has 31 heavy (non-hydrogen) atoms. The lowest BCUT2D eigenvalue weighted by Gasteiger charge is -2.08. The number of aromatic amines is 1. The fourth-order valence-electron chi connectivity index (χ4n) is 3.87. The molecule has 0 unspecified atom stereocenters. The largest absolute Gasteiger partial charge is 0.461 e. The van der Waals surface area contributed by atoms with E-state index in [1.807, 2.05) is 50.2 Å². The minimum Gasteiger partial charge on any atom is -0.461 e. The van der Waals surface area contributed by atoms with Crippen LogP contribution in [0.3, 0.4) is 0 Å². The second kappa shape index (κ2) is 7.24. The van der Waals surface area contributed by atoms with Crippen molar-refractivity contribution in [3.8, 4) is 11.1 Å². The molecular weight excluding hydrogens is 396 g/mol. The van der Waals surface area contributed by atoms with Gasteiger partial charge in [0, 0.05) is 22.4 Å². The van der Waals surface area contributed by atoms with Crippen molar-refractivity contribution in [1.82, 2.24) is 15.2 Å². The van der Waals surface area contributed by atoms with Crippen molar-refractivity contribution in [3.63, 3.8) is 0 Å². The Morgan fingerprint density at radius 2 is 1.84 bits per heavy atom. The van der Waals surface area contributed by atoms with E-state index in [1.165, 1.54) is 6.33 Å². The molecule has 8 nitrogen and oxygen atoms in total. The number of aryl methyl sites for hydroxylation is 2. The van der Waals surface area contributed by atoms with E-state index in [2.05, 4.69) is 20.5 Å². The zero-order chi connectivity index (χ0) is 21.5. The van der Waals surface area contributed by atoms with Gasteiger partial charge in [-0.05, 0) is 31.0 Å². The highest BCUT2D eigenvalue weighted by atomic mass is 16.4. The van der Waals surface area contributed by atoms with Gasteiger partial charge in [-0.15, -0.1) is 0 Å². The zero-order valence-corrected chi connectivity index (χ0v) is 16.9. The Labute approximate surface area is 175 Å². The molecule has 0 saturated heterocycles. The van der Waals surface area contributed by atoms with Crippen LogP contribution in [0.15, 0.2) is 62.4 Å². The van der Waals surface area contributed by atoms with Crippen molar-refractivity contribution in [3.05, 3.63) is 76.1 Å². The molecule has 1 amide bonds. The topological polar surface area (TPSA) is 114 Å². The molecule has 0 bridgehead atoms. The van der Waals surface area contributed by atoms with Crippen LogP contribution in [-0.2, 0) is 11.2 Å². The van der Waals surface area contributed by atoms with Crippen LogP contribution in [0.2, 0.25) is 0 Å². The van der Waals surface area contributed by atoms with Gasteiger partial charge in [-0.2, -0.15) is 10.1 Å². The van der Waals surface area contributed by atoms with Crippen LogP contribution in [0.25, 0.3) is 33.1 Å². The summed E-state index contributed by atoms with van der Waals surface area (Å²) in [6.07, 6.45) is 1.15. The van der Waals surface area contributed by atoms with Crippen LogP contribution in [0.4, 0.5) is 5.95 Å². The average Bonchev–Trinajstić information content (AvgIpc) is 3.37. The Kier molecular flexibility index (Phi) is 4.39. The van der Waals surface area contributed by atoms with Crippen molar-refractivity contribution < 1.29 is 13.6 Å². The van der Waals surface area contributed by atoms with Gasteiger partial charge in [0.15, 0.2) is 0 Å². The van der Waals surface area contributed by atoms with E-state index in [4.69, 9.17) is 8.83 Å². The Balaban J connectivity index is 1.63. The van der Waals surface area contributed by atoms with Crippen LogP contribution in [0.5, 0.6) is 0 Å². The number of nitrogens with one attached hydrogen (secondary N) is 2. The van der Waals surface area contributed by atoms with E-state index < -0.39 is 11.5 Å². The molecule has 0 saturated carbocycles. The molecule has 2 aromatic carbocycles. The van der Waals surface area contributed by atoms with Gasteiger partial charge in [-0.1, -0.05) is 30.3 Å². The molecule has 0 aliphatic carbocycles. The Morgan fingerprint density at radius 3 is 2.58 bits per heavy atom. The number of benzene rings is 2. The maximum atomic E-state index is 12.6. The minimum atomic E-state index is -0.552. The predicted molar refractivity (Wildman–Crippen MR) is 116 cm³/mol. The molecule has 3 heterocycles. The summed E-state index contributed by atoms with van der Waals surface area (Å²) >= 11 is 0. The maximum absolute atomic E-state index is 12.6. The summed E-state index contributed by atoms with van der Waals surface area (Å²) in [6.45, 7) is 3.73. The number of anilines is 1. The van der Waals surface area contributed by atoms with Crippen molar-refractivity contribution in [2.24, 2.45) is 0 Å². The molecule has 0 aliphatic heterocycles. The van der Waals surface area contributed by atoms with Gasteiger partial charge in [0.1, 0.15) is 23.3 Å². The third-order valence-corrected chi connectivity index (χ3v) is 5.34. The van der Waals surface area contributed by atoms with Gasteiger partial charge in [0.05, 0.1) is 12.0 Å². The summed E-state index contributed by atoms with van der Waals surface area (Å²) < 4.78 is 11.5. The standard InChI is InChI=1S/C23H18N4O4/c1-12-15-8-17-19(30-13(2)21(17)14-6-4-3-5-7-14)10-18(15)31-22(29)16(12)9-20(28)26-23-24-11-25-27-23/h3-8,10-11H,9H2,1-2H3,(H2,24,25,26,27,28). The normalized spacial score (nSPS) is 11.3. The fourth-order valence-corrected chi connectivity index (χ4v) is 3.87. The lowest BCUT2D eigenvalue weighted by molar-refractivity contribution is -0.115. The number of carbonyl (C=O) groups excluding carboxylic acids is 1. The number of hydrogen-bond acceptors (Lipinski definition) is 6. The lowest BCUT2D eigenvalue weighted by atomic mass is 9.98. The summed E-state index contributed by atoms with van der Waals surface area (Å²) in [7, 11) is 0. The van der Waals surface area contributed by atoms with Gasteiger partial charge in [-0.25, -0.2) is 9.89 Å². The van der Waals surface area contributed by atoms with Gasteiger partial charge >= 0.3 is 5.63 Å². The van der Waals surface area contributed by atoms with Crippen molar-refractivity contribution in [2.75, 3.05) is 5.32 Å². The molecule has 0 atom stereocenters. The van der Waals surface area contributed by atoms with E-state index in [0.29, 0.717) is 22.3 Å². The molecule has 0 spiro atoms. The highest BCUT2D eigenvalue weighted by Gasteiger charge is 2.19. The SMILES string of the molecule is Cc1oc2cc3oc(=O)c(CC(=O)Nc4ncn[nH]4)c(C)c3cc2c1-c1ccccc1. The third-order valence-electron chi connectivity index (χ3n) is 5.34. The van der Waals surface area contributed by atoms with Gasteiger partial charge in [-0.3, -0.25) is 10.1 Å². The van der Waals surface area contributed by atoms with Crippen LogP contribution in [0.1, 0.15) is 16.9 Å². The van der Waals surface area contributed by atoms with E-state index >= 15 is 0 Å². The van der Waals surface area contributed by atoms with E-state index in [1.54, 1.807) is 6.07 Å². The molecule has 2 N–H and O–H groups in total. The highest BCUT2D eigenvalue weighted by molar-refractivity contribution is 6.03. The van der Waals surface area contributed by atoms with E-state index in [-0.39, 0.29) is 12.4 Å². The number of furan rings is 1.